The van der Waals surface area contributed by atoms with Crippen LogP contribution in [0.5, 0.6) is 11.5 Å². The summed E-state index contributed by atoms with van der Waals surface area (Å²) < 4.78 is 11.4. The van der Waals surface area contributed by atoms with Crippen molar-refractivity contribution in [2.75, 3.05) is 24.7 Å². The molecular weight excluding hydrogens is 304 g/mol. The number of nitrogens with zero attached hydrogens (tertiary/aromatic N) is 4. The van der Waals surface area contributed by atoms with Gasteiger partial charge in [-0.25, -0.2) is 0 Å². The van der Waals surface area contributed by atoms with E-state index in [-0.39, 0.29) is 0 Å². The van der Waals surface area contributed by atoms with Crippen molar-refractivity contribution in [1.82, 2.24) is 10.2 Å². The molecule has 0 N–H and O–H groups in total. The van der Waals surface area contributed by atoms with Crippen LogP contribution in [0.2, 0.25) is 0 Å². The summed E-state index contributed by atoms with van der Waals surface area (Å²) in [7, 11) is 0. The van der Waals surface area contributed by atoms with Crippen molar-refractivity contribution < 1.29 is 9.47 Å². The van der Waals surface area contributed by atoms with Crippen LogP contribution in [-0.2, 0) is 13.0 Å². The summed E-state index contributed by atoms with van der Waals surface area (Å²) in [5, 5.41) is 16.9. The number of aromatic nitrogens is 2. The Labute approximate surface area is 141 Å². The molecule has 2 heterocycles. The van der Waals surface area contributed by atoms with Crippen LogP contribution in [-0.4, -0.2) is 30.0 Å². The van der Waals surface area contributed by atoms with Crippen LogP contribution in [0.15, 0.2) is 24.3 Å². The molecule has 3 rings (SSSR count). The molecular formula is C18H20N4O2. The molecule has 0 fully saturated rings. The maximum atomic E-state index is 8.83. The zero-order valence-electron chi connectivity index (χ0n) is 14.0. The zero-order chi connectivity index (χ0) is 16.9. The number of hydrogen-bond donors (Lipinski definition) is 0. The fraction of sp³-hybridized carbons (Fsp3) is 0.389. The predicted octanol–water partition coefficient (Wildman–Crippen LogP) is 2.71. The summed E-state index contributed by atoms with van der Waals surface area (Å²) in [6.45, 7) is 6.75. The first-order valence-corrected chi connectivity index (χ1v) is 8.15. The third-order valence-corrected chi connectivity index (χ3v) is 3.97. The van der Waals surface area contributed by atoms with E-state index in [4.69, 9.17) is 14.7 Å². The normalized spacial score (nSPS) is 13.1. The van der Waals surface area contributed by atoms with Crippen LogP contribution in [0, 0.1) is 11.3 Å². The average molecular weight is 324 g/mol. The lowest BCUT2D eigenvalue weighted by molar-refractivity contribution is 0.287. The lowest BCUT2D eigenvalue weighted by Gasteiger charge is -2.30. The highest BCUT2D eigenvalue weighted by Gasteiger charge is 2.21. The van der Waals surface area contributed by atoms with Crippen molar-refractivity contribution in [2.45, 2.75) is 26.8 Å². The van der Waals surface area contributed by atoms with Crippen LogP contribution in [0.3, 0.4) is 0 Å². The molecule has 24 heavy (non-hydrogen) atoms. The second-order valence-corrected chi connectivity index (χ2v) is 5.49. The zero-order valence-corrected chi connectivity index (χ0v) is 14.0. The Bertz CT molecular complexity index is 753. The Kier molecular flexibility index (Phi) is 4.80. The summed E-state index contributed by atoms with van der Waals surface area (Å²) in [5.74, 6) is 2.38. The van der Waals surface area contributed by atoms with Gasteiger partial charge in [-0.2, -0.15) is 5.26 Å². The van der Waals surface area contributed by atoms with Gasteiger partial charge >= 0.3 is 0 Å². The molecule has 1 aliphatic rings. The lowest BCUT2D eigenvalue weighted by atomic mass is 9.99. The third kappa shape index (κ3) is 3.25. The minimum Gasteiger partial charge on any atom is -0.490 e. The molecule has 0 bridgehead atoms. The van der Waals surface area contributed by atoms with E-state index in [0.29, 0.717) is 18.9 Å². The highest BCUT2D eigenvalue weighted by molar-refractivity contribution is 5.51. The Morgan fingerprint density at radius 2 is 1.79 bits per heavy atom. The third-order valence-electron chi connectivity index (χ3n) is 3.97. The van der Waals surface area contributed by atoms with Gasteiger partial charge in [0, 0.05) is 13.1 Å². The SMILES string of the molecule is CCOc1cc2c(cc1OCC)CN(c1ccc(C#N)nn1)CC2. The maximum Gasteiger partial charge on any atom is 0.163 e. The second kappa shape index (κ2) is 7.18. The van der Waals surface area contributed by atoms with Crippen molar-refractivity contribution in [1.29, 1.82) is 5.26 Å². The van der Waals surface area contributed by atoms with Crippen molar-refractivity contribution in [3.63, 3.8) is 0 Å². The number of fused-ring (bicyclic) bond motifs is 1. The molecule has 0 spiro atoms. The summed E-state index contributed by atoms with van der Waals surface area (Å²) in [6, 6.07) is 9.68. The molecule has 1 aromatic heterocycles. The molecule has 0 unspecified atom stereocenters. The smallest absolute Gasteiger partial charge is 0.163 e. The fourth-order valence-corrected chi connectivity index (χ4v) is 2.85. The van der Waals surface area contributed by atoms with E-state index in [1.54, 1.807) is 6.07 Å². The summed E-state index contributed by atoms with van der Waals surface area (Å²) in [6.07, 6.45) is 0.906. The molecule has 1 aromatic carbocycles. The topological polar surface area (TPSA) is 71.3 Å². The first kappa shape index (κ1) is 16.1. The molecule has 0 amide bonds. The van der Waals surface area contributed by atoms with Gasteiger partial charge in [0.25, 0.3) is 0 Å². The molecule has 6 nitrogen and oxygen atoms in total. The first-order chi connectivity index (χ1) is 11.7. The minimum absolute atomic E-state index is 0.330. The van der Waals surface area contributed by atoms with Gasteiger partial charge in [0.2, 0.25) is 0 Å². The molecule has 0 saturated carbocycles. The number of hydrogen-bond acceptors (Lipinski definition) is 6. The van der Waals surface area contributed by atoms with E-state index in [1.165, 1.54) is 11.1 Å². The van der Waals surface area contributed by atoms with Crippen LogP contribution < -0.4 is 14.4 Å². The van der Waals surface area contributed by atoms with Crippen molar-refractivity contribution in [3.8, 4) is 17.6 Å². The summed E-state index contributed by atoms with van der Waals surface area (Å²) >= 11 is 0. The van der Waals surface area contributed by atoms with Crippen molar-refractivity contribution >= 4 is 5.82 Å². The van der Waals surface area contributed by atoms with Gasteiger partial charge in [0.05, 0.1) is 13.2 Å². The Morgan fingerprint density at radius 3 is 2.38 bits per heavy atom. The number of nitriles is 1. The van der Waals surface area contributed by atoms with E-state index in [1.807, 2.05) is 26.0 Å². The maximum absolute atomic E-state index is 8.83. The largest absolute Gasteiger partial charge is 0.490 e. The van der Waals surface area contributed by atoms with Crippen LogP contribution in [0.4, 0.5) is 5.82 Å². The second-order valence-electron chi connectivity index (χ2n) is 5.49. The fourth-order valence-electron chi connectivity index (χ4n) is 2.85. The number of rotatable bonds is 5. The molecule has 6 heteroatoms. The molecule has 0 aliphatic carbocycles. The monoisotopic (exact) mass is 324 g/mol. The van der Waals surface area contributed by atoms with Gasteiger partial charge in [0.15, 0.2) is 23.0 Å². The molecule has 0 radical (unpaired) electrons. The van der Waals surface area contributed by atoms with E-state index in [2.05, 4.69) is 27.2 Å². The van der Waals surface area contributed by atoms with Crippen molar-refractivity contribution in [2.24, 2.45) is 0 Å². The Balaban J connectivity index is 1.86. The lowest BCUT2D eigenvalue weighted by Crippen LogP contribution is -2.31. The molecule has 124 valence electrons. The molecule has 0 saturated heterocycles. The minimum atomic E-state index is 0.330. The van der Waals surface area contributed by atoms with Crippen molar-refractivity contribution in [3.05, 3.63) is 41.1 Å². The molecule has 1 aliphatic heterocycles. The quantitative estimate of drug-likeness (QED) is 0.842. The summed E-state index contributed by atoms with van der Waals surface area (Å²) in [5.41, 5.74) is 2.82. The Hall–Kier alpha value is -2.81. The Morgan fingerprint density at radius 1 is 1.08 bits per heavy atom. The van der Waals surface area contributed by atoms with E-state index < -0.39 is 0 Å². The van der Waals surface area contributed by atoms with E-state index in [9.17, 15) is 0 Å². The van der Waals surface area contributed by atoms with Gasteiger partial charge in [0.1, 0.15) is 6.07 Å². The van der Waals surface area contributed by atoms with Gasteiger partial charge in [-0.15, -0.1) is 10.2 Å². The number of ether oxygens (including phenoxy) is 2. The van der Waals surface area contributed by atoms with Crippen LogP contribution in [0.1, 0.15) is 30.7 Å². The molecule has 0 atom stereocenters. The highest BCUT2D eigenvalue weighted by atomic mass is 16.5. The first-order valence-electron chi connectivity index (χ1n) is 8.15. The van der Waals surface area contributed by atoms with E-state index in [0.717, 1.165) is 36.8 Å². The highest BCUT2D eigenvalue weighted by Crippen LogP contribution is 2.34. The van der Waals surface area contributed by atoms with Gasteiger partial charge < -0.3 is 14.4 Å². The van der Waals surface area contributed by atoms with Gasteiger partial charge in [-0.05, 0) is 55.7 Å². The number of anilines is 1. The molecule has 2 aromatic rings. The van der Waals surface area contributed by atoms with Crippen LogP contribution >= 0.6 is 0 Å². The predicted molar refractivity (Wildman–Crippen MR) is 90.3 cm³/mol. The standard InChI is InChI=1S/C18H20N4O2/c1-3-23-16-9-13-7-8-22(12-14(13)10-17(16)24-4-2)18-6-5-15(11-19)20-21-18/h5-6,9-10H,3-4,7-8,12H2,1-2H3. The van der Waals surface area contributed by atoms with E-state index >= 15 is 0 Å². The van der Waals surface area contributed by atoms with Gasteiger partial charge in [-0.1, -0.05) is 0 Å². The average Bonchev–Trinajstić information content (AvgIpc) is 2.62. The number of benzene rings is 1. The summed E-state index contributed by atoms with van der Waals surface area (Å²) in [4.78, 5) is 2.16. The van der Waals surface area contributed by atoms with Crippen LogP contribution in [0.25, 0.3) is 0 Å². The van der Waals surface area contributed by atoms with Gasteiger partial charge in [-0.3, -0.25) is 0 Å².